The third kappa shape index (κ3) is 4.64. The van der Waals surface area contributed by atoms with Crippen molar-refractivity contribution in [2.24, 2.45) is 0 Å². The van der Waals surface area contributed by atoms with E-state index in [0.717, 1.165) is 21.8 Å². The first-order valence-electron chi connectivity index (χ1n) is 7.01. The second-order valence-electron chi connectivity index (χ2n) is 5.40. The van der Waals surface area contributed by atoms with Crippen molar-refractivity contribution < 1.29 is 13.2 Å². The van der Waals surface area contributed by atoms with Gasteiger partial charge in [0.05, 0.1) is 24.7 Å². The lowest BCUT2D eigenvalue weighted by atomic mass is 10.3. The number of aromatic nitrogens is 2. The summed E-state index contributed by atoms with van der Waals surface area (Å²) in [4.78, 5) is 13.6. The number of rotatable bonds is 6. The molecule has 23 heavy (non-hydrogen) atoms. The molecule has 2 aromatic rings. The minimum atomic E-state index is -3.37. The van der Waals surface area contributed by atoms with Gasteiger partial charge in [0, 0.05) is 32.4 Å². The fourth-order valence-electron chi connectivity index (χ4n) is 1.95. The Balaban J connectivity index is 1.99. The highest BCUT2D eigenvalue weighted by molar-refractivity contribution is 7.88. The van der Waals surface area contributed by atoms with Crippen molar-refractivity contribution in [3.05, 3.63) is 48.3 Å². The largest absolute Gasteiger partial charge is 0.340 e. The van der Waals surface area contributed by atoms with Crippen LogP contribution in [0.4, 0.5) is 0 Å². The molecule has 0 saturated carbocycles. The molecule has 0 aliphatic heterocycles. The van der Waals surface area contributed by atoms with Crippen LogP contribution in [0.2, 0.25) is 0 Å². The van der Waals surface area contributed by atoms with Gasteiger partial charge in [-0.1, -0.05) is 18.2 Å². The number of hydrogen-bond acceptors (Lipinski definition) is 4. The molecule has 8 heteroatoms. The molecule has 0 aliphatic carbocycles. The number of amides is 1. The van der Waals surface area contributed by atoms with Crippen LogP contribution in [0.3, 0.4) is 0 Å². The van der Waals surface area contributed by atoms with Gasteiger partial charge in [-0.3, -0.25) is 4.79 Å². The summed E-state index contributed by atoms with van der Waals surface area (Å²) in [7, 11) is -0.346. The van der Waals surface area contributed by atoms with Gasteiger partial charge in [-0.25, -0.2) is 13.1 Å². The summed E-state index contributed by atoms with van der Waals surface area (Å²) in [5, 5.41) is 4.27. The standard InChI is InChI=1S/C15H20N4O3S/c1-17(15(20)12-18(2)23(3,21)22)10-13-9-16-19(11-13)14-7-5-4-6-8-14/h4-9,11H,10,12H2,1-3H3. The highest BCUT2D eigenvalue weighted by atomic mass is 32.2. The third-order valence-electron chi connectivity index (χ3n) is 3.43. The molecule has 7 nitrogen and oxygen atoms in total. The van der Waals surface area contributed by atoms with E-state index in [1.165, 1.54) is 11.9 Å². The van der Waals surface area contributed by atoms with Crippen molar-refractivity contribution in [3.63, 3.8) is 0 Å². The Bertz CT molecular complexity index is 771. The first-order chi connectivity index (χ1) is 10.8. The second kappa shape index (κ2) is 6.93. The minimum absolute atomic E-state index is 0.178. The molecule has 0 N–H and O–H groups in total. The van der Waals surface area contributed by atoms with Crippen LogP contribution in [0.1, 0.15) is 5.56 Å². The molecule has 0 radical (unpaired) electrons. The van der Waals surface area contributed by atoms with Crippen LogP contribution in [0.5, 0.6) is 0 Å². The lowest BCUT2D eigenvalue weighted by Gasteiger charge is -2.20. The molecule has 0 atom stereocenters. The maximum absolute atomic E-state index is 12.1. The number of carbonyl (C=O) groups is 1. The van der Waals surface area contributed by atoms with Gasteiger partial charge >= 0.3 is 0 Å². The van der Waals surface area contributed by atoms with Crippen molar-refractivity contribution >= 4 is 15.9 Å². The summed E-state index contributed by atoms with van der Waals surface area (Å²) in [6.07, 6.45) is 4.61. The van der Waals surface area contributed by atoms with Crippen molar-refractivity contribution in [2.45, 2.75) is 6.54 Å². The molecule has 0 saturated heterocycles. The van der Waals surface area contributed by atoms with E-state index in [2.05, 4.69) is 5.10 Å². The van der Waals surface area contributed by atoms with E-state index < -0.39 is 10.0 Å². The quantitative estimate of drug-likeness (QED) is 0.779. The van der Waals surface area contributed by atoms with Gasteiger partial charge in [-0.15, -0.1) is 0 Å². The van der Waals surface area contributed by atoms with E-state index >= 15 is 0 Å². The number of nitrogens with zero attached hydrogens (tertiary/aromatic N) is 4. The molecule has 0 aliphatic rings. The van der Waals surface area contributed by atoms with E-state index in [1.54, 1.807) is 17.9 Å². The average Bonchev–Trinajstić information content (AvgIpc) is 2.95. The molecule has 1 amide bonds. The van der Waals surface area contributed by atoms with Crippen LogP contribution >= 0.6 is 0 Å². The minimum Gasteiger partial charge on any atom is -0.340 e. The number of para-hydroxylation sites is 1. The molecule has 1 aromatic carbocycles. The maximum atomic E-state index is 12.1. The molecular formula is C15H20N4O3S. The number of sulfonamides is 1. The molecule has 1 heterocycles. The van der Waals surface area contributed by atoms with Crippen LogP contribution < -0.4 is 0 Å². The summed E-state index contributed by atoms with van der Waals surface area (Å²) in [6.45, 7) is 0.186. The highest BCUT2D eigenvalue weighted by Gasteiger charge is 2.18. The predicted molar refractivity (Wildman–Crippen MR) is 87.5 cm³/mol. The van der Waals surface area contributed by atoms with Crippen molar-refractivity contribution in [1.82, 2.24) is 19.0 Å². The third-order valence-corrected chi connectivity index (χ3v) is 4.69. The molecular weight excluding hydrogens is 316 g/mol. The van der Waals surface area contributed by atoms with Crippen molar-refractivity contribution in [3.8, 4) is 5.69 Å². The normalized spacial score (nSPS) is 11.7. The fraction of sp³-hybridized carbons (Fsp3) is 0.333. The number of likely N-dealkylation sites (N-methyl/N-ethyl adjacent to an activating group) is 2. The van der Waals surface area contributed by atoms with E-state index in [0.29, 0.717) is 6.54 Å². The Labute approximate surface area is 136 Å². The van der Waals surface area contributed by atoms with Crippen molar-refractivity contribution in [1.29, 1.82) is 0 Å². The summed E-state index contributed by atoms with van der Waals surface area (Å²) >= 11 is 0. The Hall–Kier alpha value is -2.19. The summed E-state index contributed by atoms with van der Waals surface area (Å²) in [5.41, 5.74) is 1.80. The number of hydrogen-bond donors (Lipinski definition) is 0. The van der Waals surface area contributed by atoms with Gasteiger partial charge in [0.25, 0.3) is 0 Å². The Morgan fingerprint density at radius 2 is 1.87 bits per heavy atom. The van der Waals surface area contributed by atoms with E-state index in [9.17, 15) is 13.2 Å². The number of benzene rings is 1. The summed E-state index contributed by atoms with van der Waals surface area (Å²) in [5.74, 6) is -0.273. The fourth-order valence-corrected chi connectivity index (χ4v) is 2.30. The molecule has 0 fully saturated rings. The van der Waals surface area contributed by atoms with Gasteiger partial charge < -0.3 is 4.90 Å². The first-order valence-corrected chi connectivity index (χ1v) is 8.86. The van der Waals surface area contributed by atoms with Crippen LogP contribution in [-0.4, -0.2) is 60.2 Å². The van der Waals surface area contributed by atoms with Gasteiger partial charge in [0.2, 0.25) is 15.9 Å². The van der Waals surface area contributed by atoms with E-state index in [4.69, 9.17) is 0 Å². The zero-order valence-electron chi connectivity index (χ0n) is 13.4. The first kappa shape index (κ1) is 17.2. The molecule has 0 unspecified atom stereocenters. The molecule has 1 aromatic heterocycles. The maximum Gasteiger partial charge on any atom is 0.237 e. The van der Waals surface area contributed by atoms with Gasteiger partial charge in [-0.05, 0) is 12.1 Å². The summed E-state index contributed by atoms with van der Waals surface area (Å²) in [6, 6.07) is 9.65. The molecule has 0 spiro atoms. The zero-order valence-corrected chi connectivity index (χ0v) is 14.2. The zero-order chi connectivity index (χ0) is 17.0. The highest BCUT2D eigenvalue weighted by Crippen LogP contribution is 2.09. The molecule has 2 rings (SSSR count). The Kier molecular flexibility index (Phi) is 5.17. The Morgan fingerprint density at radius 1 is 1.22 bits per heavy atom. The van der Waals surface area contributed by atoms with Crippen molar-refractivity contribution in [2.75, 3.05) is 26.9 Å². The van der Waals surface area contributed by atoms with Crippen LogP contribution in [0.25, 0.3) is 5.69 Å². The monoisotopic (exact) mass is 336 g/mol. The van der Waals surface area contributed by atoms with Gasteiger partial charge in [-0.2, -0.15) is 9.40 Å². The van der Waals surface area contributed by atoms with E-state index in [-0.39, 0.29) is 12.5 Å². The van der Waals surface area contributed by atoms with Gasteiger partial charge in [0.15, 0.2) is 0 Å². The molecule has 124 valence electrons. The second-order valence-corrected chi connectivity index (χ2v) is 7.49. The van der Waals surface area contributed by atoms with E-state index in [1.807, 2.05) is 36.5 Å². The van der Waals surface area contributed by atoms with Crippen LogP contribution in [-0.2, 0) is 21.4 Å². The lowest BCUT2D eigenvalue weighted by molar-refractivity contribution is -0.130. The number of carbonyl (C=O) groups excluding carboxylic acids is 1. The van der Waals surface area contributed by atoms with Crippen LogP contribution in [0, 0.1) is 0 Å². The smallest absolute Gasteiger partial charge is 0.237 e. The lowest BCUT2D eigenvalue weighted by Crippen LogP contribution is -2.38. The molecule has 0 bridgehead atoms. The average molecular weight is 336 g/mol. The Morgan fingerprint density at radius 3 is 2.48 bits per heavy atom. The topological polar surface area (TPSA) is 75.5 Å². The SMILES string of the molecule is CN(Cc1cnn(-c2ccccc2)c1)C(=O)CN(C)S(C)(=O)=O. The van der Waals surface area contributed by atoms with Gasteiger partial charge in [0.1, 0.15) is 0 Å². The van der Waals surface area contributed by atoms with Crippen LogP contribution in [0.15, 0.2) is 42.7 Å². The predicted octanol–water partition coefficient (Wildman–Crippen LogP) is 0.722. The summed E-state index contributed by atoms with van der Waals surface area (Å²) < 4.78 is 25.5.